The molecule has 0 fully saturated rings. The molecule has 1 amide bonds. The number of nitrogens with zero attached hydrogens (tertiary/aromatic N) is 2. The summed E-state index contributed by atoms with van der Waals surface area (Å²) in [6.45, 7) is 4.41. The van der Waals surface area contributed by atoms with Gasteiger partial charge in [0.05, 0.1) is 10.6 Å². The van der Waals surface area contributed by atoms with Crippen LogP contribution in [0.5, 0.6) is 0 Å². The van der Waals surface area contributed by atoms with Crippen LogP contribution >= 0.6 is 23.2 Å². The minimum absolute atomic E-state index is 0.113. The van der Waals surface area contributed by atoms with Gasteiger partial charge in [0.25, 0.3) is 15.9 Å². The Bertz CT molecular complexity index is 1670. The zero-order valence-electron chi connectivity index (χ0n) is 22.4. The largest absolute Gasteiger partial charge is 0.459 e. The third-order valence-corrected chi connectivity index (χ3v) is 8.09. The standard InChI is InChI=1S/C30H28Cl2N2O5S/c1-30(2,3)39-28(35)19-34(40(37,38)25-17-22(31)16-23(32)18-25)27-15-21(14-20-10-8-9-13-26(20)27)29(36)33(4)24-11-6-5-7-12-24/h5-18H,19H2,1-4H3. The van der Waals surface area contributed by atoms with Crippen LogP contribution in [0.3, 0.4) is 0 Å². The molecule has 0 aliphatic rings. The number of carbonyl (C=O) groups is 2. The lowest BCUT2D eigenvalue weighted by Gasteiger charge is -2.28. The molecule has 0 bridgehead atoms. The van der Waals surface area contributed by atoms with Gasteiger partial charge in [-0.15, -0.1) is 0 Å². The molecule has 4 aromatic carbocycles. The van der Waals surface area contributed by atoms with E-state index < -0.39 is 28.1 Å². The van der Waals surface area contributed by atoms with Crippen LogP contribution in [-0.2, 0) is 19.6 Å². The molecule has 7 nitrogen and oxygen atoms in total. The van der Waals surface area contributed by atoms with Crippen molar-refractivity contribution in [1.29, 1.82) is 0 Å². The van der Waals surface area contributed by atoms with Gasteiger partial charge in [-0.3, -0.25) is 13.9 Å². The van der Waals surface area contributed by atoms with Crippen molar-refractivity contribution in [2.45, 2.75) is 31.3 Å². The van der Waals surface area contributed by atoms with Gasteiger partial charge in [-0.2, -0.15) is 0 Å². The number of para-hydroxylation sites is 1. The van der Waals surface area contributed by atoms with E-state index in [1.165, 1.54) is 29.2 Å². The van der Waals surface area contributed by atoms with Crippen LogP contribution in [0, 0.1) is 0 Å². The second-order valence-corrected chi connectivity index (χ2v) is 12.9. The number of sulfonamides is 1. The predicted octanol–water partition coefficient (Wildman–Crippen LogP) is 6.96. The van der Waals surface area contributed by atoms with Crippen molar-refractivity contribution in [3.63, 3.8) is 0 Å². The average molecular weight is 600 g/mol. The van der Waals surface area contributed by atoms with E-state index in [1.54, 1.807) is 70.3 Å². The molecule has 208 valence electrons. The van der Waals surface area contributed by atoms with E-state index in [9.17, 15) is 18.0 Å². The molecule has 0 aromatic heterocycles. The van der Waals surface area contributed by atoms with Crippen molar-refractivity contribution in [2.24, 2.45) is 0 Å². The van der Waals surface area contributed by atoms with E-state index in [2.05, 4.69) is 0 Å². The Morgan fingerprint density at radius 1 is 0.850 bits per heavy atom. The third-order valence-electron chi connectivity index (χ3n) is 5.92. The van der Waals surface area contributed by atoms with E-state index in [0.717, 1.165) is 4.31 Å². The minimum atomic E-state index is -4.42. The Morgan fingerprint density at radius 2 is 1.45 bits per heavy atom. The molecule has 40 heavy (non-hydrogen) atoms. The van der Waals surface area contributed by atoms with E-state index in [-0.39, 0.29) is 32.1 Å². The quantitative estimate of drug-likeness (QED) is 0.215. The molecule has 0 saturated heterocycles. The molecular weight excluding hydrogens is 571 g/mol. The lowest BCUT2D eigenvalue weighted by atomic mass is 10.0. The number of carbonyl (C=O) groups excluding carboxylic acids is 2. The summed E-state index contributed by atoms with van der Waals surface area (Å²) in [5.41, 5.74) is 0.164. The third kappa shape index (κ3) is 6.58. The summed E-state index contributed by atoms with van der Waals surface area (Å²) in [7, 11) is -2.78. The zero-order valence-corrected chi connectivity index (χ0v) is 24.7. The number of halogens is 2. The Kier molecular flexibility index (Phi) is 8.44. The molecular formula is C30H28Cl2N2O5S. The first-order valence-corrected chi connectivity index (χ1v) is 14.5. The van der Waals surface area contributed by atoms with Gasteiger partial charge >= 0.3 is 5.97 Å². The number of fused-ring (bicyclic) bond motifs is 1. The number of benzene rings is 4. The van der Waals surface area contributed by atoms with Gasteiger partial charge in [-0.25, -0.2) is 8.42 Å². The summed E-state index contributed by atoms with van der Waals surface area (Å²) in [6.07, 6.45) is 0. The maximum Gasteiger partial charge on any atom is 0.327 e. The van der Waals surface area contributed by atoms with Gasteiger partial charge in [0, 0.05) is 33.7 Å². The first-order chi connectivity index (χ1) is 18.8. The molecule has 0 spiro atoms. The fourth-order valence-corrected chi connectivity index (χ4v) is 6.33. The van der Waals surface area contributed by atoms with Gasteiger partial charge in [-0.1, -0.05) is 65.7 Å². The number of esters is 1. The maximum absolute atomic E-state index is 14.1. The molecule has 0 unspecified atom stereocenters. The summed E-state index contributed by atoms with van der Waals surface area (Å²) in [5, 5.41) is 1.35. The van der Waals surface area contributed by atoms with Crippen LogP contribution in [0.15, 0.2) is 89.8 Å². The fraction of sp³-hybridized carbons (Fsp3) is 0.200. The Hall–Kier alpha value is -3.59. The molecule has 0 atom stereocenters. The highest BCUT2D eigenvalue weighted by atomic mass is 35.5. The minimum Gasteiger partial charge on any atom is -0.459 e. The highest BCUT2D eigenvalue weighted by Crippen LogP contribution is 2.35. The highest BCUT2D eigenvalue weighted by Gasteiger charge is 2.32. The monoisotopic (exact) mass is 598 g/mol. The van der Waals surface area contributed by atoms with E-state index in [0.29, 0.717) is 16.5 Å². The van der Waals surface area contributed by atoms with Crippen LogP contribution in [0.2, 0.25) is 10.0 Å². The normalized spacial score (nSPS) is 11.8. The summed E-state index contributed by atoms with van der Waals surface area (Å²) in [6, 6.07) is 23.2. The molecule has 0 N–H and O–H groups in total. The Labute approximate surface area is 243 Å². The molecule has 0 heterocycles. The fourth-order valence-electron chi connectivity index (χ4n) is 4.18. The maximum atomic E-state index is 14.1. The number of hydrogen-bond acceptors (Lipinski definition) is 5. The van der Waals surface area contributed by atoms with Gasteiger partial charge < -0.3 is 9.64 Å². The van der Waals surface area contributed by atoms with Crippen LogP contribution in [-0.4, -0.2) is 39.5 Å². The number of rotatable bonds is 7. The Balaban J connectivity index is 1.92. The van der Waals surface area contributed by atoms with Crippen molar-refractivity contribution in [1.82, 2.24) is 0 Å². The van der Waals surface area contributed by atoms with Crippen molar-refractivity contribution in [3.05, 3.63) is 101 Å². The van der Waals surface area contributed by atoms with Crippen LogP contribution in [0.25, 0.3) is 10.8 Å². The van der Waals surface area contributed by atoms with Gasteiger partial charge in [0.15, 0.2) is 0 Å². The van der Waals surface area contributed by atoms with Crippen LogP contribution in [0.4, 0.5) is 11.4 Å². The molecule has 10 heteroatoms. The highest BCUT2D eigenvalue weighted by molar-refractivity contribution is 7.93. The number of ether oxygens (including phenoxy) is 1. The van der Waals surface area contributed by atoms with Gasteiger partial charge in [0.2, 0.25) is 0 Å². The average Bonchev–Trinajstić information content (AvgIpc) is 2.89. The Morgan fingerprint density at radius 3 is 2.08 bits per heavy atom. The number of hydrogen-bond donors (Lipinski definition) is 0. The summed E-state index contributed by atoms with van der Waals surface area (Å²) < 4.78 is 34.7. The van der Waals surface area contributed by atoms with Crippen LogP contribution in [0.1, 0.15) is 31.1 Å². The van der Waals surface area contributed by atoms with Crippen molar-refractivity contribution in [3.8, 4) is 0 Å². The summed E-state index contributed by atoms with van der Waals surface area (Å²) in [4.78, 5) is 27.9. The summed E-state index contributed by atoms with van der Waals surface area (Å²) in [5.74, 6) is -1.13. The lowest BCUT2D eigenvalue weighted by Crippen LogP contribution is -2.39. The zero-order chi connectivity index (χ0) is 29.2. The van der Waals surface area contributed by atoms with Crippen LogP contribution < -0.4 is 9.21 Å². The molecule has 0 aliphatic carbocycles. The van der Waals surface area contributed by atoms with Crippen molar-refractivity contribution >= 4 is 67.2 Å². The van der Waals surface area contributed by atoms with Crippen molar-refractivity contribution in [2.75, 3.05) is 22.8 Å². The van der Waals surface area contributed by atoms with E-state index in [1.807, 2.05) is 18.2 Å². The second kappa shape index (κ2) is 11.5. The van der Waals surface area contributed by atoms with Gasteiger partial charge in [-0.05, 0) is 68.6 Å². The summed E-state index contributed by atoms with van der Waals surface area (Å²) >= 11 is 12.3. The number of amides is 1. The molecule has 0 saturated carbocycles. The van der Waals surface area contributed by atoms with Gasteiger partial charge in [0.1, 0.15) is 12.1 Å². The molecule has 4 aromatic rings. The molecule has 0 radical (unpaired) electrons. The smallest absolute Gasteiger partial charge is 0.327 e. The lowest BCUT2D eigenvalue weighted by molar-refractivity contribution is -0.152. The first-order valence-electron chi connectivity index (χ1n) is 12.3. The second-order valence-electron chi connectivity index (χ2n) is 10.1. The predicted molar refractivity (Wildman–Crippen MR) is 160 cm³/mol. The van der Waals surface area contributed by atoms with E-state index >= 15 is 0 Å². The van der Waals surface area contributed by atoms with Crippen molar-refractivity contribution < 1.29 is 22.7 Å². The number of anilines is 2. The first kappa shape index (κ1) is 29.4. The molecule has 4 rings (SSSR count). The SMILES string of the molecule is CN(C(=O)c1cc(N(CC(=O)OC(C)(C)C)S(=O)(=O)c2cc(Cl)cc(Cl)c2)c2ccccc2c1)c1ccccc1. The van der Waals surface area contributed by atoms with E-state index in [4.69, 9.17) is 27.9 Å². The molecule has 0 aliphatic heterocycles. The topological polar surface area (TPSA) is 84.0 Å².